The van der Waals surface area contributed by atoms with Crippen molar-refractivity contribution in [1.29, 1.82) is 0 Å². The van der Waals surface area contributed by atoms with Gasteiger partial charge in [-0.15, -0.1) is 0 Å². The summed E-state index contributed by atoms with van der Waals surface area (Å²) in [6.07, 6.45) is 5.63. The van der Waals surface area contributed by atoms with Crippen LogP contribution < -0.4 is 5.32 Å². The summed E-state index contributed by atoms with van der Waals surface area (Å²) in [6, 6.07) is 4.98. The van der Waals surface area contributed by atoms with E-state index >= 15 is 0 Å². The monoisotopic (exact) mass is 290 g/mol. The van der Waals surface area contributed by atoms with Gasteiger partial charge in [-0.25, -0.2) is 4.98 Å². The molecule has 4 nitrogen and oxygen atoms in total. The Bertz CT molecular complexity index is 404. The second-order valence-corrected chi connectivity index (χ2v) is 6.13. The van der Waals surface area contributed by atoms with Crippen molar-refractivity contribution in [2.75, 3.05) is 38.5 Å². The number of rotatable bonds is 6. The quantitative estimate of drug-likeness (QED) is 0.873. The van der Waals surface area contributed by atoms with Crippen LogP contribution in [-0.2, 0) is 6.54 Å². The lowest BCUT2D eigenvalue weighted by Gasteiger charge is -2.30. The normalized spacial score (nSPS) is 21.2. The third-order valence-corrected chi connectivity index (χ3v) is 4.26. The number of nitrogens with one attached hydrogen (secondary N) is 1. The Morgan fingerprint density at radius 3 is 2.81 bits per heavy atom. The molecule has 4 heteroatoms. The molecule has 0 bridgehead atoms. The molecule has 1 aromatic rings. The summed E-state index contributed by atoms with van der Waals surface area (Å²) < 4.78 is 0. The Hall–Kier alpha value is -1.13. The minimum atomic E-state index is 0.662. The first-order valence-electron chi connectivity index (χ1n) is 8.34. The zero-order chi connectivity index (χ0) is 15.1. The maximum absolute atomic E-state index is 4.52. The maximum Gasteiger partial charge on any atom is 0.125 e. The fourth-order valence-electron chi connectivity index (χ4n) is 3.00. The molecule has 1 N–H and O–H groups in total. The average molecular weight is 290 g/mol. The predicted octanol–water partition coefficient (Wildman–Crippen LogP) is 2.82. The lowest BCUT2D eigenvalue weighted by atomic mass is 10.1. The van der Waals surface area contributed by atoms with Crippen LogP contribution in [0.3, 0.4) is 0 Å². The highest BCUT2D eigenvalue weighted by Gasteiger charge is 2.21. The number of nitrogens with zero attached hydrogens (tertiary/aromatic N) is 3. The molecule has 2 heterocycles. The van der Waals surface area contributed by atoms with Gasteiger partial charge in [0.1, 0.15) is 5.82 Å². The Kier molecular flexibility index (Phi) is 6.46. The number of anilines is 1. The number of aromatic nitrogens is 1. The molecular weight excluding hydrogens is 260 g/mol. The van der Waals surface area contributed by atoms with E-state index in [4.69, 9.17) is 0 Å². The van der Waals surface area contributed by atoms with E-state index in [0.29, 0.717) is 6.04 Å². The molecule has 0 radical (unpaired) electrons. The van der Waals surface area contributed by atoms with Gasteiger partial charge in [0.2, 0.25) is 0 Å². The molecule has 0 saturated carbocycles. The average Bonchev–Trinajstić information content (AvgIpc) is 2.68. The van der Waals surface area contributed by atoms with Crippen LogP contribution in [0.5, 0.6) is 0 Å². The Morgan fingerprint density at radius 1 is 1.29 bits per heavy atom. The van der Waals surface area contributed by atoms with Crippen LogP contribution in [0.4, 0.5) is 5.82 Å². The van der Waals surface area contributed by atoms with Crippen LogP contribution >= 0.6 is 0 Å². The Morgan fingerprint density at radius 2 is 2.14 bits per heavy atom. The molecule has 21 heavy (non-hydrogen) atoms. The summed E-state index contributed by atoms with van der Waals surface area (Å²) in [5.41, 5.74) is 1.32. The maximum atomic E-state index is 4.52. The molecule has 2 rings (SSSR count). The fourth-order valence-corrected chi connectivity index (χ4v) is 3.00. The number of likely N-dealkylation sites (N-methyl/N-ethyl adjacent to an activating group) is 1. The van der Waals surface area contributed by atoms with Gasteiger partial charge in [-0.05, 0) is 44.5 Å². The van der Waals surface area contributed by atoms with Gasteiger partial charge in [0.25, 0.3) is 0 Å². The van der Waals surface area contributed by atoms with Crippen molar-refractivity contribution >= 4 is 5.82 Å². The van der Waals surface area contributed by atoms with Crippen LogP contribution in [0.25, 0.3) is 0 Å². The summed E-state index contributed by atoms with van der Waals surface area (Å²) in [5.74, 6) is 0.989. The predicted molar refractivity (Wildman–Crippen MR) is 89.6 cm³/mol. The van der Waals surface area contributed by atoms with Crippen LogP contribution in [0, 0.1) is 0 Å². The number of hydrogen-bond donors (Lipinski definition) is 1. The molecule has 1 unspecified atom stereocenters. The third kappa shape index (κ3) is 4.97. The first-order valence-corrected chi connectivity index (χ1v) is 8.34. The molecule has 1 aliphatic heterocycles. The first kappa shape index (κ1) is 16.2. The minimum Gasteiger partial charge on any atom is -0.370 e. The van der Waals surface area contributed by atoms with Crippen LogP contribution in [-0.4, -0.2) is 54.1 Å². The van der Waals surface area contributed by atoms with Gasteiger partial charge in [-0.1, -0.05) is 19.9 Å². The van der Waals surface area contributed by atoms with Gasteiger partial charge in [0, 0.05) is 38.4 Å². The summed E-state index contributed by atoms with van der Waals surface area (Å²) in [7, 11) is 2.24. The summed E-state index contributed by atoms with van der Waals surface area (Å²) >= 11 is 0. The molecule has 0 aromatic carbocycles. The van der Waals surface area contributed by atoms with Crippen molar-refractivity contribution in [1.82, 2.24) is 14.8 Å². The lowest BCUT2D eigenvalue weighted by molar-refractivity contribution is 0.176. The van der Waals surface area contributed by atoms with E-state index in [0.717, 1.165) is 25.3 Å². The van der Waals surface area contributed by atoms with E-state index in [2.05, 4.69) is 53.1 Å². The van der Waals surface area contributed by atoms with Crippen LogP contribution in [0.2, 0.25) is 0 Å². The molecule has 1 fully saturated rings. The van der Waals surface area contributed by atoms with Gasteiger partial charge in [-0.2, -0.15) is 0 Å². The molecule has 1 aliphatic rings. The van der Waals surface area contributed by atoms with E-state index in [1.807, 2.05) is 6.20 Å². The van der Waals surface area contributed by atoms with Crippen molar-refractivity contribution in [2.24, 2.45) is 0 Å². The highest BCUT2D eigenvalue weighted by atomic mass is 15.2. The zero-order valence-electron chi connectivity index (χ0n) is 13.8. The van der Waals surface area contributed by atoms with Crippen molar-refractivity contribution in [3.8, 4) is 0 Å². The molecule has 0 amide bonds. The SMILES string of the molecule is CCCNc1ccc(CN2CCCN(C)CC2CC)cn1. The van der Waals surface area contributed by atoms with Crippen LogP contribution in [0.15, 0.2) is 18.3 Å². The number of pyridine rings is 1. The minimum absolute atomic E-state index is 0.662. The van der Waals surface area contributed by atoms with Crippen LogP contribution in [0.1, 0.15) is 38.7 Å². The van der Waals surface area contributed by atoms with Gasteiger partial charge < -0.3 is 10.2 Å². The van der Waals surface area contributed by atoms with Gasteiger partial charge in [0.15, 0.2) is 0 Å². The zero-order valence-corrected chi connectivity index (χ0v) is 13.8. The van der Waals surface area contributed by atoms with Crippen molar-refractivity contribution in [2.45, 2.75) is 45.7 Å². The lowest BCUT2D eigenvalue weighted by Crippen LogP contribution is -2.39. The smallest absolute Gasteiger partial charge is 0.125 e. The fraction of sp³-hybridized carbons (Fsp3) is 0.706. The van der Waals surface area contributed by atoms with E-state index in [1.165, 1.54) is 38.0 Å². The second kappa shape index (κ2) is 8.35. The molecule has 0 aliphatic carbocycles. The summed E-state index contributed by atoms with van der Waals surface area (Å²) in [5, 5.41) is 3.33. The van der Waals surface area contributed by atoms with Gasteiger partial charge in [-0.3, -0.25) is 4.90 Å². The second-order valence-electron chi connectivity index (χ2n) is 6.13. The third-order valence-electron chi connectivity index (χ3n) is 4.26. The van der Waals surface area contributed by atoms with Gasteiger partial charge in [0.05, 0.1) is 0 Å². The Labute approximate surface area is 129 Å². The van der Waals surface area contributed by atoms with E-state index in [-0.39, 0.29) is 0 Å². The molecule has 118 valence electrons. The van der Waals surface area contributed by atoms with E-state index in [1.54, 1.807) is 0 Å². The van der Waals surface area contributed by atoms with Crippen molar-refractivity contribution in [3.05, 3.63) is 23.9 Å². The van der Waals surface area contributed by atoms with E-state index < -0.39 is 0 Å². The molecular formula is C17H30N4. The molecule has 1 aromatic heterocycles. The van der Waals surface area contributed by atoms with Crippen molar-refractivity contribution in [3.63, 3.8) is 0 Å². The van der Waals surface area contributed by atoms with Gasteiger partial charge >= 0.3 is 0 Å². The standard InChI is InChI=1S/C17H30N4/c1-4-9-18-17-8-7-15(12-19-17)13-21-11-6-10-20(3)14-16(21)5-2/h7-8,12,16H,4-6,9-11,13-14H2,1-3H3,(H,18,19). The Balaban J connectivity index is 1.95. The first-order chi connectivity index (χ1) is 10.2. The topological polar surface area (TPSA) is 31.4 Å². The molecule has 1 atom stereocenters. The summed E-state index contributed by atoms with van der Waals surface area (Å²) in [6.45, 7) is 10.1. The largest absolute Gasteiger partial charge is 0.370 e. The molecule has 0 spiro atoms. The number of hydrogen-bond acceptors (Lipinski definition) is 4. The summed E-state index contributed by atoms with van der Waals surface area (Å²) in [4.78, 5) is 9.61. The molecule has 1 saturated heterocycles. The van der Waals surface area contributed by atoms with E-state index in [9.17, 15) is 0 Å². The highest BCUT2D eigenvalue weighted by molar-refractivity contribution is 5.35. The highest BCUT2D eigenvalue weighted by Crippen LogP contribution is 2.16. The van der Waals surface area contributed by atoms with Crippen molar-refractivity contribution < 1.29 is 0 Å².